The number of nitrogens with zero attached hydrogens (tertiary/aromatic N) is 2. The minimum atomic E-state index is -4.08. The summed E-state index contributed by atoms with van der Waals surface area (Å²) in [6.07, 6.45) is 0. The van der Waals surface area contributed by atoms with E-state index < -0.39 is 22.5 Å². The van der Waals surface area contributed by atoms with Gasteiger partial charge >= 0.3 is 0 Å². The van der Waals surface area contributed by atoms with Crippen molar-refractivity contribution in [3.8, 4) is 0 Å². The SMILES string of the molecule is Cc1ccc(N(CC(=O)Nc2ccc(Br)c(C)c2)S(=O)(=O)c2c(C)noc2C)cc1. The summed E-state index contributed by atoms with van der Waals surface area (Å²) in [6, 6.07) is 12.3. The molecule has 158 valence electrons. The molecule has 9 heteroatoms. The predicted molar refractivity (Wildman–Crippen MR) is 119 cm³/mol. The molecule has 2 aromatic carbocycles. The Labute approximate surface area is 184 Å². The maximum absolute atomic E-state index is 13.4. The highest BCUT2D eigenvalue weighted by molar-refractivity contribution is 9.10. The Kier molecular flexibility index (Phi) is 6.33. The van der Waals surface area contributed by atoms with E-state index in [4.69, 9.17) is 4.52 Å². The Morgan fingerprint density at radius 1 is 1.10 bits per heavy atom. The quantitative estimate of drug-likeness (QED) is 0.547. The van der Waals surface area contributed by atoms with Gasteiger partial charge < -0.3 is 9.84 Å². The van der Waals surface area contributed by atoms with Gasteiger partial charge in [-0.1, -0.05) is 38.8 Å². The van der Waals surface area contributed by atoms with Crippen LogP contribution in [0.2, 0.25) is 0 Å². The Hall–Kier alpha value is -2.65. The number of hydrogen-bond acceptors (Lipinski definition) is 5. The average molecular weight is 492 g/mol. The molecule has 0 saturated heterocycles. The number of rotatable bonds is 6. The Morgan fingerprint density at radius 2 is 1.77 bits per heavy atom. The zero-order valence-corrected chi connectivity index (χ0v) is 19.5. The number of sulfonamides is 1. The lowest BCUT2D eigenvalue weighted by Gasteiger charge is -2.24. The number of amides is 1. The minimum absolute atomic E-state index is 0.0321. The van der Waals surface area contributed by atoms with Crippen LogP contribution in [0.3, 0.4) is 0 Å². The number of benzene rings is 2. The van der Waals surface area contributed by atoms with Crippen LogP contribution < -0.4 is 9.62 Å². The summed E-state index contributed by atoms with van der Waals surface area (Å²) in [5.41, 5.74) is 3.13. The number of carbonyl (C=O) groups excluding carboxylic acids is 1. The molecule has 0 aliphatic carbocycles. The summed E-state index contributed by atoms with van der Waals surface area (Å²) >= 11 is 3.42. The van der Waals surface area contributed by atoms with Crippen LogP contribution in [0.4, 0.5) is 11.4 Å². The van der Waals surface area contributed by atoms with Gasteiger partial charge in [0.05, 0.1) is 5.69 Å². The summed E-state index contributed by atoms with van der Waals surface area (Å²) in [6.45, 7) is 6.50. The van der Waals surface area contributed by atoms with E-state index in [2.05, 4.69) is 26.4 Å². The molecule has 0 aliphatic rings. The smallest absolute Gasteiger partial charge is 0.270 e. The molecule has 0 spiro atoms. The molecule has 0 saturated carbocycles. The maximum atomic E-state index is 13.4. The first-order chi connectivity index (χ1) is 14.1. The van der Waals surface area contributed by atoms with Gasteiger partial charge in [-0.2, -0.15) is 0 Å². The fourth-order valence-electron chi connectivity index (χ4n) is 3.03. The summed E-state index contributed by atoms with van der Waals surface area (Å²) in [7, 11) is -4.08. The van der Waals surface area contributed by atoms with E-state index in [9.17, 15) is 13.2 Å². The largest absolute Gasteiger partial charge is 0.360 e. The van der Waals surface area contributed by atoms with Crippen molar-refractivity contribution in [2.24, 2.45) is 0 Å². The summed E-state index contributed by atoms with van der Waals surface area (Å²) in [5, 5.41) is 6.51. The van der Waals surface area contributed by atoms with E-state index in [1.807, 2.05) is 19.9 Å². The molecular weight excluding hydrogens is 470 g/mol. The van der Waals surface area contributed by atoms with Crippen LogP contribution in [0, 0.1) is 27.7 Å². The molecule has 0 fully saturated rings. The fraction of sp³-hybridized carbons (Fsp3) is 0.238. The topological polar surface area (TPSA) is 92.5 Å². The van der Waals surface area contributed by atoms with Crippen molar-refractivity contribution in [2.45, 2.75) is 32.6 Å². The molecule has 1 N–H and O–H groups in total. The zero-order valence-electron chi connectivity index (χ0n) is 17.1. The lowest BCUT2D eigenvalue weighted by atomic mass is 10.2. The average Bonchev–Trinajstić information content (AvgIpc) is 3.02. The number of anilines is 2. The highest BCUT2D eigenvalue weighted by Gasteiger charge is 2.32. The lowest BCUT2D eigenvalue weighted by molar-refractivity contribution is -0.114. The number of halogens is 1. The second kappa shape index (κ2) is 8.61. The van der Waals surface area contributed by atoms with Gasteiger partial charge in [-0.25, -0.2) is 8.42 Å². The van der Waals surface area contributed by atoms with Crippen molar-refractivity contribution in [1.29, 1.82) is 0 Å². The fourth-order valence-corrected chi connectivity index (χ4v) is 5.00. The van der Waals surface area contributed by atoms with Crippen molar-refractivity contribution in [3.63, 3.8) is 0 Å². The highest BCUT2D eigenvalue weighted by atomic mass is 79.9. The second-order valence-corrected chi connectivity index (χ2v) is 9.67. The van der Waals surface area contributed by atoms with Crippen LogP contribution in [0.15, 0.2) is 56.4 Å². The standard InChI is InChI=1S/C21H22BrN3O4S/c1-13-5-8-18(9-6-13)25(30(27,28)21-15(3)24-29-16(21)4)12-20(26)23-17-7-10-19(22)14(2)11-17/h5-11H,12H2,1-4H3,(H,23,26). The molecule has 0 bridgehead atoms. The first-order valence-corrected chi connectivity index (χ1v) is 11.4. The van der Waals surface area contributed by atoms with Gasteiger partial charge in [0.15, 0.2) is 10.7 Å². The van der Waals surface area contributed by atoms with Gasteiger partial charge in [0, 0.05) is 10.2 Å². The number of aryl methyl sites for hydroxylation is 4. The molecule has 1 heterocycles. The van der Waals surface area contributed by atoms with E-state index in [1.54, 1.807) is 43.3 Å². The van der Waals surface area contributed by atoms with Gasteiger partial charge in [-0.05, 0) is 63.6 Å². The van der Waals surface area contributed by atoms with Gasteiger partial charge in [0.2, 0.25) is 5.91 Å². The molecule has 3 rings (SSSR count). The van der Waals surface area contributed by atoms with Crippen molar-refractivity contribution < 1.29 is 17.7 Å². The van der Waals surface area contributed by atoms with E-state index in [0.29, 0.717) is 11.4 Å². The molecule has 0 aliphatic heterocycles. The molecule has 1 amide bonds. The third-order valence-corrected chi connectivity index (χ3v) is 7.48. The highest BCUT2D eigenvalue weighted by Crippen LogP contribution is 2.28. The monoisotopic (exact) mass is 491 g/mol. The molecular formula is C21H22BrN3O4S. The molecule has 7 nitrogen and oxygen atoms in total. The maximum Gasteiger partial charge on any atom is 0.270 e. The number of hydrogen-bond donors (Lipinski definition) is 1. The third-order valence-electron chi connectivity index (χ3n) is 4.57. The van der Waals surface area contributed by atoms with Crippen molar-refractivity contribution >= 4 is 43.2 Å². The van der Waals surface area contributed by atoms with Crippen LogP contribution in [-0.2, 0) is 14.8 Å². The van der Waals surface area contributed by atoms with E-state index in [1.165, 1.54) is 6.92 Å². The second-order valence-electron chi connectivity index (χ2n) is 7.01. The Morgan fingerprint density at radius 3 is 2.33 bits per heavy atom. The zero-order chi connectivity index (χ0) is 22.1. The number of nitrogens with one attached hydrogen (secondary N) is 1. The first kappa shape index (κ1) is 22.0. The summed E-state index contributed by atoms with van der Waals surface area (Å²) in [5.74, 6) is -0.291. The predicted octanol–water partition coefficient (Wildman–Crippen LogP) is 4.50. The Balaban J connectivity index is 1.96. The van der Waals surface area contributed by atoms with Crippen LogP contribution in [0.1, 0.15) is 22.6 Å². The molecule has 0 radical (unpaired) electrons. The van der Waals surface area contributed by atoms with E-state index in [-0.39, 0.29) is 16.3 Å². The minimum Gasteiger partial charge on any atom is -0.360 e. The van der Waals surface area contributed by atoms with Crippen LogP contribution in [0.25, 0.3) is 0 Å². The van der Waals surface area contributed by atoms with Crippen molar-refractivity contribution in [3.05, 3.63) is 69.5 Å². The normalized spacial score (nSPS) is 11.4. The molecule has 0 unspecified atom stereocenters. The third kappa shape index (κ3) is 4.57. The molecule has 3 aromatic rings. The summed E-state index contributed by atoms with van der Waals surface area (Å²) in [4.78, 5) is 12.7. The van der Waals surface area contributed by atoms with E-state index >= 15 is 0 Å². The molecule has 30 heavy (non-hydrogen) atoms. The van der Waals surface area contributed by atoms with E-state index in [0.717, 1.165) is 19.9 Å². The Bertz CT molecular complexity index is 1170. The van der Waals surface area contributed by atoms with Gasteiger partial charge in [0.1, 0.15) is 12.2 Å². The number of aromatic nitrogens is 1. The summed E-state index contributed by atoms with van der Waals surface area (Å²) < 4.78 is 33.9. The van der Waals surface area contributed by atoms with Gasteiger partial charge in [-0.15, -0.1) is 0 Å². The number of carbonyl (C=O) groups is 1. The first-order valence-electron chi connectivity index (χ1n) is 9.18. The lowest BCUT2D eigenvalue weighted by Crippen LogP contribution is -2.38. The van der Waals surface area contributed by atoms with Crippen LogP contribution >= 0.6 is 15.9 Å². The van der Waals surface area contributed by atoms with Crippen LogP contribution in [-0.4, -0.2) is 26.0 Å². The molecule has 0 atom stereocenters. The van der Waals surface area contributed by atoms with Gasteiger partial charge in [0.25, 0.3) is 10.0 Å². The van der Waals surface area contributed by atoms with Crippen LogP contribution in [0.5, 0.6) is 0 Å². The molecule has 1 aromatic heterocycles. The van der Waals surface area contributed by atoms with Crippen molar-refractivity contribution in [1.82, 2.24) is 5.16 Å². The van der Waals surface area contributed by atoms with Gasteiger partial charge in [-0.3, -0.25) is 9.10 Å². The van der Waals surface area contributed by atoms with Crippen molar-refractivity contribution in [2.75, 3.05) is 16.2 Å².